The van der Waals surface area contributed by atoms with E-state index in [-0.39, 0.29) is 17.1 Å². The fourth-order valence-electron chi connectivity index (χ4n) is 8.52. The van der Waals surface area contributed by atoms with E-state index in [2.05, 4.69) is 89.8 Å². The Labute approximate surface area is 237 Å². The summed E-state index contributed by atoms with van der Waals surface area (Å²) < 4.78 is 20.7. The molecule has 5 aliphatic rings. The highest BCUT2D eigenvalue weighted by Crippen LogP contribution is 2.67. The first-order valence-electron chi connectivity index (χ1n) is 15.4. The molecule has 206 valence electrons. The van der Waals surface area contributed by atoms with E-state index >= 15 is 0 Å². The lowest BCUT2D eigenvalue weighted by Crippen LogP contribution is -2.76. The minimum absolute atomic E-state index is 0.106. The van der Waals surface area contributed by atoms with E-state index in [1.165, 1.54) is 41.6 Å². The number of hydrogen-bond donors (Lipinski definition) is 0. The largest absolute Gasteiger partial charge is 0.485 e. The minimum Gasteiger partial charge on any atom is -0.485 e. The number of nitrogens with zero attached hydrogens (tertiary/aromatic N) is 1. The Morgan fingerprint density at radius 1 is 0.925 bits per heavy atom. The lowest BCUT2D eigenvalue weighted by Gasteiger charge is -2.65. The van der Waals surface area contributed by atoms with Crippen LogP contribution < -0.4 is 9.47 Å². The van der Waals surface area contributed by atoms with Crippen LogP contribution in [0.15, 0.2) is 78.9 Å². The van der Waals surface area contributed by atoms with Crippen LogP contribution in [0.25, 0.3) is 6.08 Å². The smallest absolute Gasteiger partial charge is 0.165 e. The van der Waals surface area contributed by atoms with Gasteiger partial charge in [-0.2, -0.15) is 0 Å². The predicted octanol–water partition coefficient (Wildman–Crippen LogP) is 6.96. The molecule has 1 spiro atoms. The molecule has 0 radical (unpaired) electrons. The Bertz CT molecular complexity index is 1400. The predicted molar refractivity (Wildman–Crippen MR) is 158 cm³/mol. The molecular formula is C36H39NO3. The van der Waals surface area contributed by atoms with Crippen molar-refractivity contribution < 1.29 is 14.2 Å². The lowest BCUT2D eigenvalue weighted by atomic mass is 9.49. The molecule has 2 heterocycles. The third-order valence-corrected chi connectivity index (χ3v) is 10.4. The lowest BCUT2D eigenvalue weighted by molar-refractivity contribution is -0.210. The van der Waals surface area contributed by atoms with Crippen molar-refractivity contribution in [3.63, 3.8) is 0 Å². The maximum absolute atomic E-state index is 7.27. The Kier molecular flexibility index (Phi) is 6.04. The van der Waals surface area contributed by atoms with Crippen molar-refractivity contribution in [2.45, 2.75) is 74.7 Å². The molecule has 4 atom stereocenters. The molecule has 1 unspecified atom stereocenters. The van der Waals surface area contributed by atoms with Crippen LogP contribution in [0.3, 0.4) is 0 Å². The average molecular weight is 534 g/mol. The van der Waals surface area contributed by atoms with Crippen LogP contribution in [0.2, 0.25) is 0 Å². The average Bonchev–Trinajstić information content (AvgIpc) is 3.75. The van der Waals surface area contributed by atoms with Crippen molar-refractivity contribution in [1.29, 1.82) is 0 Å². The van der Waals surface area contributed by atoms with Gasteiger partial charge in [-0.05, 0) is 80.2 Å². The molecule has 8 rings (SSSR count). The fraction of sp³-hybridized carbons (Fsp3) is 0.444. The number of ether oxygens (including phenoxy) is 3. The van der Waals surface area contributed by atoms with Crippen LogP contribution in [0, 0.1) is 5.92 Å². The second kappa shape index (κ2) is 9.78. The van der Waals surface area contributed by atoms with Gasteiger partial charge in [-0.3, -0.25) is 4.90 Å². The molecule has 2 aliphatic heterocycles. The van der Waals surface area contributed by atoms with E-state index < -0.39 is 0 Å². The van der Waals surface area contributed by atoms with E-state index in [0.717, 1.165) is 56.1 Å². The number of hydrogen-bond acceptors (Lipinski definition) is 4. The summed E-state index contributed by atoms with van der Waals surface area (Å²) in [7, 11) is 0. The highest BCUT2D eigenvalue weighted by Gasteiger charge is 2.72. The van der Waals surface area contributed by atoms with E-state index in [4.69, 9.17) is 14.2 Å². The van der Waals surface area contributed by atoms with Crippen molar-refractivity contribution in [3.8, 4) is 11.5 Å². The molecule has 0 amide bonds. The van der Waals surface area contributed by atoms with E-state index in [0.29, 0.717) is 19.3 Å². The highest BCUT2D eigenvalue weighted by molar-refractivity contribution is 5.63. The maximum Gasteiger partial charge on any atom is 0.165 e. The summed E-state index contributed by atoms with van der Waals surface area (Å²) in [5, 5.41) is 0. The quantitative estimate of drug-likeness (QED) is 0.298. The van der Waals surface area contributed by atoms with Crippen LogP contribution in [0.5, 0.6) is 11.5 Å². The van der Waals surface area contributed by atoms with E-state index in [9.17, 15) is 0 Å². The van der Waals surface area contributed by atoms with Crippen LogP contribution >= 0.6 is 0 Å². The summed E-state index contributed by atoms with van der Waals surface area (Å²) in [6.07, 6.45) is 12.8. The monoisotopic (exact) mass is 533 g/mol. The van der Waals surface area contributed by atoms with Gasteiger partial charge >= 0.3 is 0 Å². The zero-order chi connectivity index (χ0) is 26.6. The molecule has 0 aromatic heterocycles. The molecule has 1 saturated heterocycles. The SMILES string of the molecule is C(=C\c1ccccc1)/CO[C@@]12CCCC3Oc4c(OCc5ccccc5)ccc5c4[C@@]31CCN(CC1CC1)[C@@H]2C5. The molecule has 4 heteroatoms. The van der Waals surface area contributed by atoms with Gasteiger partial charge in [0.1, 0.15) is 12.7 Å². The summed E-state index contributed by atoms with van der Waals surface area (Å²) in [6, 6.07) is 25.9. The standard InChI is InChI=1S/C36H39NO3/c1-3-9-26(10-4-1)13-8-22-39-36-19-7-14-32-35(36)20-21-37(24-27-15-16-27)31(36)23-29-17-18-30(34(40-32)33(29)35)38-25-28-11-5-2-6-12-28/h1-6,8-13,17-18,27,31-32H,7,14-16,19-25H2/b13-8+/t31-,32?,35-,36-/m1/s1. The number of rotatable bonds is 9. The van der Waals surface area contributed by atoms with Gasteiger partial charge in [0.05, 0.1) is 17.6 Å². The van der Waals surface area contributed by atoms with Gasteiger partial charge in [-0.15, -0.1) is 0 Å². The minimum atomic E-state index is -0.236. The molecule has 40 heavy (non-hydrogen) atoms. The Morgan fingerprint density at radius 2 is 1.75 bits per heavy atom. The summed E-state index contributed by atoms with van der Waals surface area (Å²) >= 11 is 0. The molecule has 2 bridgehead atoms. The molecule has 3 aromatic carbocycles. The van der Waals surface area contributed by atoms with Gasteiger partial charge in [-0.25, -0.2) is 0 Å². The summed E-state index contributed by atoms with van der Waals surface area (Å²) in [4.78, 5) is 2.81. The molecule has 2 saturated carbocycles. The molecule has 3 aliphatic carbocycles. The molecule has 4 nitrogen and oxygen atoms in total. The van der Waals surface area contributed by atoms with Gasteiger partial charge in [0.15, 0.2) is 11.5 Å². The van der Waals surface area contributed by atoms with Gasteiger partial charge in [0, 0.05) is 18.2 Å². The van der Waals surface area contributed by atoms with E-state index in [1.54, 1.807) is 0 Å². The second-order valence-electron chi connectivity index (χ2n) is 12.6. The molecule has 3 aromatic rings. The normalized spacial score (nSPS) is 30.2. The van der Waals surface area contributed by atoms with Gasteiger partial charge in [0.2, 0.25) is 0 Å². The Balaban J connectivity index is 1.17. The maximum atomic E-state index is 7.27. The second-order valence-corrected chi connectivity index (χ2v) is 12.6. The fourth-order valence-corrected chi connectivity index (χ4v) is 8.52. The number of piperidine rings is 1. The third-order valence-electron chi connectivity index (χ3n) is 10.4. The van der Waals surface area contributed by atoms with Gasteiger partial charge in [0.25, 0.3) is 0 Å². The Morgan fingerprint density at radius 3 is 2.58 bits per heavy atom. The van der Waals surface area contributed by atoms with Crippen molar-refractivity contribution in [3.05, 3.63) is 101 Å². The van der Waals surface area contributed by atoms with Crippen LogP contribution in [0.1, 0.15) is 60.8 Å². The Hall–Kier alpha value is -3.08. The van der Waals surface area contributed by atoms with Gasteiger partial charge in [-0.1, -0.05) is 78.9 Å². The van der Waals surface area contributed by atoms with Crippen molar-refractivity contribution >= 4 is 6.08 Å². The molecule has 0 N–H and O–H groups in total. The van der Waals surface area contributed by atoms with Crippen LogP contribution in [0.4, 0.5) is 0 Å². The summed E-state index contributed by atoms with van der Waals surface area (Å²) in [5.74, 6) is 2.76. The summed E-state index contributed by atoms with van der Waals surface area (Å²) in [6.45, 7) is 3.54. The first-order valence-corrected chi connectivity index (χ1v) is 15.4. The van der Waals surface area contributed by atoms with Crippen molar-refractivity contribution in [2.24, 2.45) is 5.92 Å². The zero-order valence-electron chi connectivity index (χ0n) is 23.3. The third kappa shape index (κ3) is 3.87. The number of benzene rings is 3. The summed E-state index contributed by atoms with van der Waals surface area (Å²) in [5.41, 5.74) is 4.93. The molecule has 3 fully saturated rings. The first kappa shape index (κ1) is 24.7. The van der Waals surface area contributed by atoms with Crippen molar-refractivity contribution in [1.82, 2.24) is 4.90 Å². The van der Waals surface area contributed by atoms with Crippen LogP contribution in [-0.4, -0.2) is 42.3 Å². The van der Waals surface area contributed by atoms with Crippen molar-refractivity contribution in [2.75, 3.05) is 19.7 Å². The number of likely N-dealkylation sites (tertiary alicyclic amines) is 1. The topological polar surface area (TPSA) is 30.9 Å². The van der Waals surface area contributed by atoms with Crippen LogP contribution in [-0.2, 0) is 23.2 Å². The highest BCUT2D eigenvalue weighted by atomic mass is 16.5. The van der Waals surface area contributed by atoms with E-state index in [1.807, 2.05) is 0 Å². The zero-order valence-corrected chi connectivity index (χ0v) is 23.3. The van der Waals surface area contributed by atoms with Gasteiger partial charge < -0.3 is 14.2 Å². The first-order chi connectivity index (χ1) is 19.8. The molecular weight excluding hydrogens is 494 g/mol.